The van der Waals surface area contributed by atoms with Crippen molar-refractivity contribution in [2.45, 2.75) is 39.3 Å². The zero-order chi connectivity index (χ0) is 15.4. The van der Waals surface area contributed by atoms with E-state index in [2.05, 4.69) is 4.98 Å². The number of amides is 2. The van der Waals surface area contributed by atoms with Crippen molar-refractivity contribution in [1.29, 1.82) is 0 Å². The van der Waals surface area contributed by atoms with Gasteiger partial charge >= 0.3 is 0 Å². The number of aromatic nitrogens is 1. The van der Waals surface area contributed by atoms with Crippen molar-refractivity contribution in [3.8, 4) is 0 Å². The van der Waals surface area contributed by atoms with E-state index in [0.29, 0.717) is 31.9 Å². The first kappa shape index (κ1) is 18.9. The minimum absolute atomic E-state index is 0. The first-order valence-corrected chi connectivity index (χ1v) is 8.24. The van der Waals surface area contributed by atoms with Crippen LogP contribution in [0.3, 0.4) is 0 Å². The highest BCUT2D eigenvalue weighted by molar-refractivity contribution is 7.09. The van der Waals surface area contributed by atoms with Crippen LogP contribution in [-0.2, 0) is 11.3 Å². The average Bonchev–Trinajstić information content (AvgIpc) is 3.16. The zero-order valence-electron chi connectivity index (χ0n) is 12.9. The van der Waals surface area contributed by atoms with Gasteiger partial charge in [-0.15, -0.1) is 23.7 Å². The lowest BCUT2D eigenvalue weighted by Gasteiger charge is -2.28. The first-order valence-electron chi connectivity index (χ1n) is 7.36. The predicted octanol–water partition coefficient (Wildman–Crippen LogP) is 1.50. The number of nitrogens with zero attached hydrogens (tertiary/aromatic N) is 3. The van der Waals surface area contributed by atoms with Gasteiger partial charge in [-0.05, 0) is 26.7 Å². The molecule has 1 aliphatic rings. The lowest BCUT2D eigenvalue weighted by Crippen LogP contribution is -2.47. The molecule has 124 valence electrons. The minimum Gasteiger partial charge on any atom is -0.341 e. The van der Waals surface area contributed by atoms with Gasteiger partial charge in [0.05, 0.1) is 0 Å². The smallest absolute Gasteiger partial charge is 0.274 e. The van der Waals surface area contributed by atoms with Crippen LogP contribution in [-0.4, -0.2) is 52.3 Å². The van der Waals surface area contributed by atoms with Gasteiger partial charge in [0.2, 0.25) is 5.91 Å². The van der Waals surface area contributed by atoms with E-state index < -0.39 is 0 Å². The number of thiazole rings is 1. The summed E-state index contributed by atoms with van der Waals surface area (Å²) in [4.78, 5) is 32.7. The standard InChI is InChI=1S/C14H22N4O2S.ClH/c1-3-17(4-2)14(20)11-6-5-7-18(11)13(19)10-9-21-12(8-15)16-10;/h9,11H,3-8,15H2,1-2H3;1H. The number of nitrogens with two attached hydrogens (primary N) is 1. The molecule has 0 bridgehead atoms. The highest BCUT2D eigenvalue weighted by Gasteiger charge is 2.36. The summed E-state index contributed by atoms with van der Waals surface area (Å²) in [5.41, 5.74) is 5.93. The Balaban J connectivity index is 0.00000242. The number of carbonyl (C=O) groups is 2. The molecule has 6 nitrogen and oxygen atoms in total. The molecule has 0 spiro atoms. The highest BCUT2D eigenvalue weighted by atomic mass is 35.5. The maximum atomic E-state index is 12.5. The van der Waals surface area contributed by atoms with Crippen LogP contribution in [0.1, 0.15) is 42.2 Å². The summed E-state index contributed by atoms with van der Waals surface area (Å²) in [6.07, 6.45) is 1.59. The van der Waals surface area contributed by atoms with E-state index in [0.717, 1.165) is 17.8 Å². The molecular formula is C14H23ClN4O2S. The third-order valence-electron chi connectivity index (χ3n) is 3.82. The van der Waals surface area contributed by atoms with Crippen LogP contribution in [0.15, 0.2) is 5.38 Å². The number of likely N-dealkylation sites (tertiary alicyclic amines) is 1. The van der Waals surface area contributed by atoms with Gasteiger partial charge in [-0.2, -0.15) is 0 Å². The molecule has 1 unspecified atom stereocenters. The molecule has 22 heavy (non-hydrogen) atoms. The molecule has 1 atom stereocenters. The number of carbonyl (C=O) groups excluding carboxylic acids is 2. The summed E-state index contributed by atoms with van der Waals surface area (Å²) in [7, 11) is 0. The van der Waals surface area contributed by atoms with Gasteiger partial charge in [-0.25, -0.2) is 4.98 Å². The number of hydrogen-bond acceptors (Lipinski definition) is 5. The van der Waals surface area contributed by atoms with Gasteiger partial charge in [-0.3, -0.25) is 9.59 Å². The second-order valence-electron chi connectivity index (χ2n) is 5.00. The summed E-state index contributed by atoms with van der Waals surface area (Å²) in [5.74, 6) is -0.117. The van der Waals surface area contributed by atoms with Crippen LogP contribution >= 0.6 is 23.7 Å². The molecule has 1 aromatic rings. The van der Waals surface area contributed by atoms with Gasteiger partial charge in [0.15, 0.2) is 0 Å². The monoisotopic (exact) mass is 346 g/mol. The molecule has 1 saturated heterocycles. The van der Waals surface area contributed by atoms with Crippen molar-refractivity contribution in [3.05, 3.63) is 16.1 Å². The van der Waals surface area contributed by atoms with E-state index in [4.69, 9.17) is 5.73 Å². The Morgan fingerprint density at radius 3 is 2.68 bits per heavy atom. The number of rotatable bonds is 5. The molecule has 1 aliphatic heterocycles. The molecule has 2 heterocycles. The van der Waals surface area contributed by atoms with Crippen LogP contribution in [0.5, 0.6) is 0 Å². The van der Waals surface area contributed by atoms with Gasteiger partial charge < -0.3 is 15.5 Å². The largest absolute Gasteiger partial charge is 0.341 e. The normalized spacial score (nSPS) is 17.2. The van der Waals surface area contributed by atoms with Crippen molar-refractivity contribution in [2.75, 3.05) is 19.6 Å². The second-order valence-corrected chi connectivity index (χ2v) is 5.94. The Kier molecular flexibility index (Phi) is 7.25. The van der Waals surface area contributed by atoms with E-state index in [1.54, 1.807) is 15.2 Å². The molecule has 8 heteroatoms. The minimum atomic E-state index is -0.347. The number of hydrogen-bond donors (Lipinski definition) is 1. The second kappa shape index (κ2) is 8.45. The fourth-order valence-electron chi connectivity index (χ4n) is 2.66. The van der Waals surface area contributed by atoms with E-state index in [1.165, 1.54) is 11.3 Å². The predicted molar refractivity (Wildman–Crippen MR) is 89.2 cm³/mol. The van der Waals surface area contributed by atoms with Gasteiger partial charge in [0.25, 0.3) is 5.91 Å². The third-order valence-corrected chi connectivity index (χ3v) is 4.69. The maximum Gasteiger partial charge on any atom is 0.274 e. The number of halogens is 1. The van der Waals surface area contributed by atoms with Crippen molar-refractivity contribution < 1.29 is 9.59 Å². The molecule has 1 aromatic heterocycles. The Hall–Kier alpha value is -1.18. The molecule has 0 aliphatic carbocycles. The molecule has 2 amide bonds. The topological polar surface area (TPSA) is 79.5 Å². The van der Waals surface area contributed by atoms with E-state index in [-0.39, 0.29) is 30.3 Å². The van der Waals surface area contributed by atoms with Gasteiger partial charge in [0, 0.05) is 31.6 Å². The average molecular weight is 347 g/mol. The van der Waals surface area contributed by atoms with E-state index in [9.17, 15) is 9.59 Å². The fourth-order valence-corrected chi connectivity index (χ4v) is 3.31. The van der Waals surface area contributed by atoms with Crippen LogP contribution in [0.2, 0.25) is 0 Å². The molecular weight excluding hydrogens is 324 g/mol. The molecule has 1 fully saturated rings. The van der Waals surface area contributed by atoms with Crippen LogP contribution in [0.25, 0.3) is 0 Å². The lowest BCUT2D eigenvalue weighted by molar-refractivity contribution is -0.134. The third kappa shape index (κ3) is 3.77. The lowest BCUT2D eigenvalue weighted by atomic mass is 10.2. The van der Waals surface area contributed by atoms with Crippen molar-refractivity contribution in [2.24, 2.45) is 5.73 Å². The van der Waals surface area contributed by atoms with E-state index in [1.807, 2.05) is 13.8 Å². The summed E-state index contributed by atoms with van der Waals surface area (Å²) >= 11 is 1.38. The van der Waals surface area contributed by atoms with Crippen molar-refractivity contribution in [3.63, 3.8) is 0 Å². The zero-order valence-corrected chi connectivity index (χ0v) is 14.6. The van der Waals surface area contributed by atoms with Crippen molar-refractivity contribution in [1.82, 2.24) is 14.8 Å². The number of likely N-dealkylation sites (N-methyl/N-ethyl adjacent to an activating group) is 1. The Labute approximate surface area is 141 Å². The quantitative estimate of drug-likeness (QED) is 0.876. The highest BCUT2D eigenvalue weighted by Crippen LogP contribution is 2.22. The molecule has 2 rings (SSSR count). The molecule has 0 saturated carbocycles. The molecule has 2 N–H and O–H groups in total. The molecule has 0 radical (unpaired) electrons. The Bertz CT molecular complexity index is 519. The van der Waals surface area contributed by atoms with Crippen LogP contribution in [0, 0.1) is 0 Å². The summed E-state index contributed by atoms with van der Waals surface area (Å²) in [6, 6.07) is -0.347. The first-order chi connectivity index (χ1) is 10.1. The van der Waals surface area contributed by atoms with Crippen LogP contribution in [0.4, 0.5) is 0 Å². The SMILES string of the molecule is CCN(CC)C(=O)C1CCCN1C(=O)c1csc(CN)n1.Cl. The van der Waals surface area contributed by atoms with Gasteiger partial charge in [-0.1, -0.05) is 0 Å². The Morgan fingerprint density at radius 1 is 1.45 bits per heavy atom. The van der Waals surface area contributed by atoms with Gasteiger partial charge in [0.1, 0.15) is 16.7 Å². The summed E-state index contributed by atoms with van der Waals surface area (Å²) in [5, 5.41) is 2.46. The maximum absolute atomic E-state index is 12.5. The van der Waals surface area contributed by atoms with E-state index >= 15 is 0 Å². The summed E-state index contributed by atoms with van der Waals surface area (Å²) in [6.45, 7) is 6.20. The van der Waals surface area contributed by atoms with Crippen molar-refractivity contribution >= 4 is 35.6 Å². The molecule has 0 aromatic carbocycles. The Morgan fingerprint density at radius 2 is 2.14 bits per heavy atom. The summed E-state index contributed by atoms with van der Waals surface area (Å²) < 4.78 is 0. The van der Waals surface area contributed by atoms with Crippen LogP contribution < -0.4 is 5.73 Å². The fraction of sp³-hybridized carbons (Fsp3) is 0.643.